The van der Waals surface area contributed by atoms with E-state index in [0.29, 0.717) is 6.61 Å². The molecule has 150 valence electrons. The van der Waals surface area contributed by atoms with Crippen molar-refractivity contribution in [3.05, 3.63) is 41.8 Å². The lowest BCUT2D eigenvalue weighted by atomic mass is 10.0. The summed E-state index contributed by atoms with van der Waals surface area (Å²) in [7, 11) is 1.94. The van der Waals surface area contributed by atoms with Gasteiger partial charge in [0.15, 0.2) is 0 Å². The molecule has 1 aromatic carbocycles. The zero-order valence-electron chi connectivity index (χ0n) is 16.2. The second kappa shape index (κ2) is 8.41. The molecule has 4 rings (SSSR count). The van der Waals surface area contributed by atoms with Gasteiger partial charge in [-0.3, -0.25) is 14.4 Å². The normalized spacial score (nSPS) is 21.1. The van der Waals surface area contributed by atoms with E-state index in [-0.39, 0.29) is 23.9 Å². The van der Waals surface area contributed by atoms with Gasteiger partial charge in [-0.15, -0.1) is 0 Å². The minimum absolute atomic E-state index is 0.0477. The number of aryl methyl sites for hydroxylation is 1. The van der Waals surface area contributed by atoms with Gasteiger partial charge < -0.3 is 10.1 Å². The third-order valence-corrected chi connectivity index (χ3v) is 5.66. The average molecular weight is 386 g/mol. The fourth-order valence-electron chi connectivity index (χ4n) is 3.96. The summed E-state index contributed by atoms with van der Waals surface area (Å²) < 4.78 is 20.5. The number of benzene rings is 1. The van der Waals surface area contributed by atoms with Gasteiger partial charge in [0.2, 0.25) is 5.91 Å². The number of nitrogens with one attached hydrogen (secondary N) is 1. The maximum atomic E-state index is 13.1. The Morgan fingerprint density at radius 1 is 1.25 bits per heavy atom. The van der Waals surface area contributed by atoms with Crippen LogP contribution in [0, 0.1) is 5.82 Å². The fraction of sp³-hybridized carbons (Fsp3) is 0.524. The van der Waals surface area contributed by atoms with Gasteiger partial charge in [-0.05, 0) is 56.0 Å². The molecule has 0 spiro atoms. The number of hydrogen-bond donors (Lipinski definition) is 1. The topological polar surface area (TPSA) is 59.4 Å². The molecule has 2 aromatic rings. The van der Waals surface area contributed by atoms with Crippen molar-refractivity contribution in [2.75, 3.05) is 19.7 Å². The smallest absolute Gasteiger partial charge is 0.249 e. The Balaban J connectivity index is 1.30. The first-order valence-electron chi connectivity index (χ1n) is 10.0. The highest BCUT2D eigenvalue weighted by molar-refractivity contribution is 5.81. The molecular formula is C21H27FN4O2. The Morgan fingerprint density at radius 2 is 2.00 bits per heavy atom. The summed E-state index contributed by atoms with van der Waals surface area (Å²) in [4.78, 5) is 14.6. The van der Waals surface area contributed by atoms with E-state index in [0.717, 1.165) is 62.3 Å². The first-order chi connectivity index (χ1) is 13.6. The molecule has 2 aliphatic heterocycles. The number of hydrogen-bond acceptors (Lipinski definition) is 4. The SMILES string of the molecule is Cn1nc(-c2ccc(F)cc2)cc1CN1CCC(NC(=O)C2CCCO2)CC1. The second-order valence-electron chi connectivity index (χ2n) is 7.71. The molecule has 1 N–H and O–H groups in total. The largest absolute Gasteiger partial charge is 0.368 e. The Kier molecular flexibility index (Phi) is 5.73. The van der Waals surface area contributed by atoms with E-state index in [1.165, 1.54) is 12.1 Å². The Bertz CT molecular complexity index is 806. The van der Waals surface area contributed by atoms with Crippen LogP contribution in [0.3, 0.4) is 0 Å². The zero-order chi connectivity index (χ0) is 19.5. The Labute approximate surface area is 164 Å². The summed E-state index contributed by atoms with van der Waals surface area (Å²) in [5.41, 5.74) is 2.90. The van der Waals surface area contributed by atoms with E-state index in [1.807, 2.05) is 11.7 Å². The lowest BCUT2D eigenvalue weighted by Crippen LogP contribution is -2.47. The quantitative estimate of drug-likeness (QED) is 0.858. The molecule has 1 aromatic heterocycles. The van der Waals surface area contributed by atoms with Gasteiger partial charge in [0, 0.05) is 44.9 Å². The third-order valence-electron chi connectivity index (χ3n) is 5.66. The molecule has 1 atom stereocenters. The molecule has 3 heterocycles. The van der Waals surface area contributed by atoms with Crippen molar-refractivity contribution < 1.29 is 13.9 Å². The van der Waals surface area contributed by atoms with Crippen molar-refractivity contribution >= 4 is 5.91 Å². The van der Waals surface area contributed by atoms with Gasteiger partial charge in [-0.2, -0.15) is 5.10 Å². The average Bonchev–Trinajstić information content (AvgIpc) is 3.35. The van der Waals surface area contributed by atoms with Crippen molar-refractivity contribution in [3.63, 3.8) is 0 Å². The first kappa shape index (κ1) is 19.1. The number of halogens is 1. The lowest BCUT2D eigenvalue weighted by molar-refractivity contribution is -0.131. The highest BCUT2D eigenvalue weighted by atomic mass is 19.1. The van der Waals surface area contributed by atoms with Crippen LogP contribution in [0.1, 0.15) is 31.4 Å². The second-order valence-corrected chi connectivity index (χ2v) is 7.71. The summed E-state index contributed by atoms with van der Waals surface area (Å²) in [5, 5.41) is 7.72. The molecule has 0 radical (unpaired) electrons. The number of rotatable bonds is 5. The van der Waals surface area contributed by atoms with Crippen molar-refractivity contribution in [2.24, 2.45) is 7.05 Å². The lowest BCUT2D eigenvalue weighted by Gasteiger charge is -2.32. The van der Waals surface area contributed by atoms with Crippen LogP contribution >= 0.6 is 0 Å². The molecule has 2 aliphatic rings. The minimum Gasteiger partial charge on any atom is -0.368 e. The molecule has 2 fully saturated rings. The van der Waals surface area contributed by atoms with Crippen LogP contribution in [0.2, 0.25) is 0 Å². The molecule has 0 bridgehead atoms. The van der Waals surface area contributed by atoms with E-state index in [9.17, 15) is 9.18 Å². The standard InChI is InChI=1S/C21H27FN4O2/c1-25-18(13-19(24-25)15-4-6-16(22)7-5-15)14-26-10-8-17(9-11-26)23-21(27)20-3-2-12-28-20/h4-7,13,17,20H,2-3,8-12,14H2,1H3,(H,23,27). The molecule has 2 saturated heterocycles. The molecule has 6 nitrogen and oxygen atoms in total. The van der Waals surface area contributed by atoms with Crippen LogP contribution in [-0.2, 0) is 23.1 Å². The molecule has 1 amide bonds. The molecule has 28 heavy (non-hydrogen) atoms. The number of carbonyl (C=O) groups is 1. The summed E-state index contributed by atoms with van der Waals surface area (Å²) in [6.07, 6.45) is 3.45. The van der Waals surface area contributed by atoms with Crippen molar-refractivity contribution in [3.8, 4) is 11.3 Å². The van der Waals surface area contributed by atoms with Gasteiger partial charge >= 0.3 is 0 Å². The van der Waals surface area contributed by atoms with Crippen molar-refractivity contribution in [1.82, 2.24) is 20.0 Å². The van der Waals surface area contributed by atoms with Gasteiger partial charge in [0.1, 0.15) is 11.9 Å². The predicted molar refractivity (Wildman–Crippen MR) is 104 cm³/mol. The molecule has 0 saturated carbocycles. The zero-order valence-corrected chi connectivity index (χ0v) is 16.2. The van der Waals surface area contributed by atoms with Crippen molar-refractivity contribution in [2.45, 2.75) is 44.4 Å². The number of amides is 1. The third kappa shape index (κ3) is 4.42. The van der Waals surface area contributed by atoms with Gasteiger partial charge in [-0.25, -0.2) is 4.39 Å². The summed E-state index contributed by atoms with van der Waals surface area (Å²) in [5.74, 6) is -0.194. The summed E-state index contributed by atoms with van der Waals surface area (Å²) in [6, 6.07) is 8.72. The van der Waals surface area contributed by atoms with Gasteiger partial charge in [-0.1, -0.05) is 0 Å². The summed E-state index contributed by atoms with van der Waals surface area (Å²) >= 11 is 0. The Morgan fingerprint density at radius 3 is 2.68 bits per heavy atom. The Hall–Kier alpha value is -2.25. The van der Waals surface area contributed by atoms with Crippen LogP contribution in [0.25, 0.3) is 11.3 Å². The number of carbonyl (C=O) groups excluding carboxylic acids is 1. The maximum absolute atomic E-state index is 13.1. The monoisotopic (exact) mass is 386 g/mol. The number of ether oxygens (including phenoxy) is 1. The van der Waals surface area contributed by atoms with E-state index in [1.54, 1.807) is 12.1 Å². The van der Waals surface area contributed by atoms with Crippen molar-refractivity contribution in [1.29, 1.82) is 0 Å². The van der Waals surface area contributed by atoms with E-state index in [2.05, 4.69) is 21.4 Å². The van der Waals surface area contributed by atoms with Crippen LogP contribution in [0.15, 0.2) is 30.3 Å². The molecule has 7 heteroatoms. The fourth-order valence-corrected chi connectivity index (χ4v) is 3.96. The van der Waals surface area contributed by atoms with Gasteiger partial charge in [0.05, 0.1) is 11.4 Å². The first-order valence-corrected chi connectivity index (χ1v) is 10.0. The van der Waals surface area contributed by atoms with Crippen LogP contribution in [0.4, 0.5) is 4.39 Å². The molecule has 1 unspecified atom stereocenters. The van der Waals surface area contributed by atoms with Crippen LogP contribution in [-0.4, -0.2) is 52.4 Å². The van der Waals surface area contributed by atoms with Gasteiger partial charge in [0.25, 0.3) is 0 Å². The highest BCUT2D eigenvalue weighted by Crippen LogP contribution is 2.21. The predicted octanol–water partition coefficient (Wildman–Crippen LogP) is 2.49. The molecular weight excluding hydrogens is 359 g/mol. The summed E-state index contributed by atoms with van der Waals surface area (Å²) in [6.45, 7) is 3.39. The van der Waals surface area contributed by atoms with E-state index in [4.69, 9.17) is 4.74 Å². The van der Waals surface area contributed by atoms with E-state index < -0.39 is 0 Å². The van der Waals surface area contributed by atoms with Crippen LogP contribution in [0.5, 0.6) is 0 Å². The highest BCUT2D eigenvalue weighted by Gasteiger charge is 2.27. The number of piperidine rings is 1. The number of nitrogens with zero attached hydrogens (tertiary/aromatic N) is 3. The number of aromatic nitrogens is 2. The maximum Gasteiger partial charge on any atom is 0.249 e. The molecule has 0 aliphatic carbocycles. The minimum atomic E-state index is -0.252. The van der Waals surface area contributed by atoms with Crippen LogP contribution < -0.4 is 5.32 Å². The van der Waals surface area contributed by atoms with E-state index >= 15 is 0 Å². The number of likely N-dealkylation sites (tertiary alicyclic amines) is 1.